The molecule has 0 radical (unpaired) electrons. The van der Waals surface area contributed by atoms with Crippen LogP contribution in [0.25, 0.3) is 0 Å². The van der Waals surface area contributed by atoms with Crippen molar-refractivity contribution in [2.24, 2.45) is 11.1 Å². The predicted octanol–water partition coefficient (Wildman–Crippen LogP) is -0.113. The molecule has 0 spiro atoms. The highest BCUT2D eigenvalue weighted by molar-refractivity contribution is 5.79. The van der Waals surface area contributed by atoms with Crippen molar-refractivity contribution in [3.8, 4) is 0 Å². The molecule has 0 aromatic carbocycles. The summed E-state index contributed by atoms with van der Waals surface area (Å²) in [5.74, 6) is -1.12. The van der Waals surface area contributed by atoms with Gasteiger partial charge in [0.15, 0.2) is 0 Å². The molecule has 2 atom stereocenters. The van der Waals surface area contributed by atoms with E-state index in [1.807, 2.05) is 0 Å². The topological polar surface area (TPSA) is 123 Å². The van der Waals surface area contributed by atoms with Crippen LogP contribution in [0.2, 0.25) is 0 Å². The van der Waals surface area contributed by atoms with Crippen LogP contribution in [0.1, 0.15) is 38.3 Å². The van der Waals surface area contributed by atoms with Crippen LogP contribution in [0.3, 0.4) is 0 Å². The van der Waals surface area contributed by atoms with Crippen molar-refractivity contribution in [3.05, 3.63) is 11.9 Å². The van der Waals surface area contributed by atoms with Crippen LogP contribution in [0.5, 0.6) is 0 Å². The van der Waals surface area contributed by atoms with Crippen LogP contribution in [0.4, 0.5) is 0 Å². The summed E-state index contributed by atoms with van der Waals surface area (Å²) in [4.78, 5) is 23.5. The lowest BCUT2D eigenvalue weighted by atomic mass is 9.71. The van der Waals surface area contributed by atoms with E-state index in [4.69, 9.17) is 5.73 Å². The molecule has 4 N–H and O–H groups in total. The maximum atomic E-state index is 12.1. The first-order chi connectivity index (χ1) is 9.95. The number of nitrogens with two attached hydrogens (primary N) is 1. The van der Waals surface area contributed by atoms with Gasteiger partial charge in [0.2, 0.25) is 5.91 Å². The minimum Gasteiger partial charge on any atom is -0.481 e. The number of nitrogens with zero attached hydrogens (tertiary/aromatic N) is 3. The first-order valence-corrected chi connectivity index (χ1v) is 7.07. The molecule has 1 heterocycles. The number of hydrogen-bond acceptors (Lipinski definition) is 5. The summed E-state index contributed by atoms with van der Waals surface area (Å²) in [6, 6.07) is -0.353. The lowest BCUT2D eigenvalue weighted by molar-refractivity contribution is -0.152. The summed E-state index contributed by atoms with van der Waals surface area (Å²) in [5, 5.41) is 19.8. The Bertz CT molecular complexity index is 530. The quantitative estimate of drug-likeness (QED) is 0.696. The van der Waals surface area contributed by atoms with E-state index >= 15 is 0 Å². The van der Waals surface area contributed by atoms with Gasteiger partial charge < -0.3 is 16.2 Å². The minimum absolute atomic E-state index is 0.0131. The first kappa shape index (κ1) is 15.4. The SMILES string of the molecule is CC1(C(=O)O)CCCCC1NC(=O)Cn1cc(CN)nn1. The van der Waals surface area contributed by atoms with Gasteiger partial charge in [0.25, 0.3) is 0 Å². The Labute approximate surface area is 122 Å². The number of carboxylic acids is 1. The van der Waals surface area contributed by atoms with Crippen LogP contribution in [0.15, 0.2) is 6.20 Å². The fourth-order valence-electron chi connectivity index (χ4n) is 2.72. The van der Waals surface area contributed by atoms with Gasteiger partial charge in [0.05, 0.1) is 17.3 Å². The van der Waals surface area contributed by atoms with E-state index in [2.05, 4.69) is 15.6 Å². The minimum atomic E-state index is -0.904. The molecule has 2 rings (SSSR count). The van der Waals surface area contributed by atoms with Gasteiger partial charge in [-0.05, 0) is 19.8 Å². The van der Waals surface area contributed by atoms with Crippen LogP contribution >= 0.6 is 0 Å². The number of aliphatic carboxylic acids is 1. The molecule has 1 fully saturated rings. The van der Waals surface area contributed by atoms with Gasteiger partial charge in [0.1, 0.15) is 6.54 Å². The molecule has 116 valence electrons. The van der Waals surface area contributed by atoms with Crippen LogP contribution in [-0.2, 0) is 22.7 Å². The Kier molecular flexibility index (Phi) is 4.56. The van der Waals surface area contributed by atoms with Gasteiger partial charge in [-0.1, -0.05) is 18.1 Å². The number of carbonyl (C=O) groups is 2. The van der Waals surface area contributed by atoms with Crippen molar-refractivity contribution in [3.63, 3.8) is 0 Å². The Morgan fingerprint density at radius 1 is 1.57 bits per heavy atom. The van der Waals surface area contributed by atoms with Gasteiger partial charge in [-0.15, -0.1) is 5.10 Å². The Morgan fingerprint density at radius 2 is 2.33 bits per heavy atom. The van der Waals surface area contributed by atoms with Crippen molar-refractivity contribution in [2.45, 2.75) is 51.7 Å². The van der Waals surface area contributed by atoms with Crippen molar-refractivity contribution in [1.29, 1.82) is 0 Å². The van der Waals surface area contributed by atoms with Gasteiger partial charge in [-0.3, -0.25) is 9.59 Å². The van der Waals surface area contributed by atoms with Gasteiger partial charge >= 0.3 is 5.97 Å². The molecular weight excluding hydrogens is 274 g/mol. The van der Waals surface area contributed by atoms with Gasteiger partial charge in [0, 0.05) is 12.6 Å². The molecule has 21 heavy (non-hydrogen) atoms. The number of aromatic nitrogens is 3. The third kappa shape index (κ3) is 3.38. The summed E-state index contributed by atoms with van der Waals surface area (Å²) in [5.41, 5.74) is 5.13. The van der Waals surface area contributed by atoms with Crippen molar-refractivity contribution in [1.82, 2.24) is 20.3 Å². The predicted molar refractivity (Wildman–Crippen MR) is 74.1 cm³/mol. The van der Waals surface area contributed by atoms with Crippen LogP contribution in [0, 0.1) is 5.41 Å². The summed E-state index contributed by atoms with van der Waals surface area (Å²) >= 11 is 0. The number of rotatable bonds is 5. The second-order valence-corrected chi connectivity index (χ2v) is 5.70. The number of carboxylic acid groups (broad SMARTS) is 1. The Hall–Kier alpha value is -1.96. The number of carbonyl (C=O) groups excluding carboxylic acids is 1. The second-order valence-electron chi connectivity index (χ2n) is 5.70. The smallest absolute Gasteiger partial charge is 0.311 e. The van der Waals surface area contributed by atoms with Crippen LogP contribution < -0.4 is 11.1 Å². The molecule has 1 aromatic rings. The van der Waals surface area contributed by atoms with Crippen LogP contribution in [-0.4, -0.2) is 38.0 Å². The number of hydrogen-bond donors (Lipinski definition) is 3. The van der Waals surface area contributed by atoms with Crippen molar-refractivity contribution in [2.75, 3.05) is 0 Å². The zero-order valence-electron chi connectivity index (χ0n) is 12.1. The van der Waals surface area contributed by atoms with E-state index < -0.39 is 11.4 Å². The van der Waals surface area contributed by atoms with E-state index in [0.717, 1.165) is 12.8 Å². The van der Waals surface area contributed by atoms with Crippen molar-refractivity contribution >= 4 is 11.9 Å². The molecule has 8 heteroatoms. The standard InChI is InChI=1S/C13H21N5O3/c1-13(12(20)21)5-3-2-4-10(13)15-11(19)8-18-7-9(6-14)16-17-18/h7,10H,2-6,8,14H2,1H3,(H,15,19)(H,20,21). The molecule has 0 aliphatic heterocycles. The first-order valence-electron chi connectivity index (χ1n) is 7.07. The average molecular weight is 295 g/mol. The molecule has 1 aliphatic rings. The summed E-state index contributed by atoms with van der Waals surface area (Å²) < 4.78 is 1.40. The highest BCUT2D eigenvalue weighted by Gasteiger charge is 2.43. The molecule has 1 aromatic heterocycles. The third-order valence-electron chi connectivity index (χ3n) is 4.13. The fourth-order valence-corrected chi connectivity index (χ4v) is 2.72. The third-order valence-corrected chi connectivity index (χ3v) is 4.13. The average Bonchev–Trinajstić information content (AvgIpc) is 2.89. The molecule has 0 saturated heterocycles. The normalized spacial score (nSPS) is 25.5. The van der Waals surface area contributed by atoms with Gasteiger partial charge in [-0.2, -0.15) is 0 Å². The summed E-state index contributed by atoms with van der Waals surface area (Å²) in [6.45, 7) is 1.97. The van der Waals surface area contributed by atoms with Gasteiger partial charge in [-0.25, -0.2) is 4.68 Å². The fraction of sp³-hybridized carbons (Fsp3) is 0.692. The number of amides is 1. The maximum Gasteiger partial charge on any atom is 0.311 e. The Morgan fingerprint density at radius 3 is 2.95 bits per heavy atom. The molecule has 2 unspecified atom stereocenters. The summed E-state index contributed by atoms with van der Waals surface area (Å²) in [6.07, 6.45) is 4.66. The lowest BCUT2D eigenvalue weighted by Gasteiger charge is -2.38. The van der Waals surface area contributed by atoms with E-state index in [1.165, 1.54) is 4.68 Å². The highest BCUT2D eigenvalue weighted by atomic mass is 16.4. The molecule has 1 saturated carbocycles. The molecule has 8 nitrogen and oxygen atoms in total. The van der Waals surface area contributed by atoms with E-state index in [9.17, 15) is 14.7 Å². The van der Waals surface area contributed by atoms with E-state index in [1.54, 1.807) is 13.1 Å². The maximum absolute atomic E-state index is 12.1. The monoisotopic (exact) mass is 295 g/mol. The van der Waals surface area contributed by atoms with E-state index in [0.29, 0.717) is 18.5 Å². The highest BCUT2D eigenvalue weighted by Crippen LogP contribution is 2.36. The number of nitrogens with one attached hydrogen (secondary N) is 1. The molecule has 1 aliphatic carbocycles. The molecular formula is C13H21N5O3. The van der Waals surface area contributed by atoms with E-state index in [-0.39, 0.29) is 25.0 Å². The lowest BCUT2D eigenvalue weighted by Crippen LogP contribution is -2.52. The summed E-state index contributed by atoms with van der Waals surface area (Å²) in [7, 11) is 0. The second kappa shape index (κ2) is 6.21. The largest absolute Gasteiger partial charge is 0.481 e. The Balaban J connectivity index is 1.98. The zero-order valence-corrected chi connectivity index (χ0v) is 12.1. The molecule has 0 bridgehead atoms. The molecule has 1 amide bonds. The van der Waals surface area contributed by atoms with Crippen molar-refractivity contribution < 1.29 is 14.7 Å². The zero-order chi connectivity index (χ0) is 15.5.